The Hall–Kier alpha value is -3.27. The van der Waals surface area contributed by atoms with Crippen LogP contribution in [0.2, 0.25) is 0 Å². The predicted molar refractivity (Wildman–Crippen MR) is 108 cm³/mol. The number of aromatic nitrogens is 3. The molecule has 10 heteroatoms. The fourth-order valence-electron chi connectivity index (χ4n) is 2.36. The number of rotatable bonds is 8. The molecule has 0 radical (unpaired) electrons. The maximum atomic E-state index is 13.7. The van der Waals surface area contributed by atoms with Crippen LogP contribution < -0.4 is 14.8 Å². The van der Waals surface area contributed by atoms with Crippen LogP contribution in [0.25, 0.3) is 0 Å². The lowest BCUT2D eigenvalue weighted by molar-refractivity contribution is -0.118. The average Bonchev–Trinajstić information content (AvgIpc) is 2.73. The molecule has 0 bridgehead atoms. The topological polar surface area (TPSA) is 86.2 Å². The molecule has 0 unspecified atom stereocenters. The van der Waals surface area contributed by atoms with E-state index >= 15 is 0 Å². The van der Waals surface area contributed by atoms with Crippen molar-refractivity contribution in [3.8, 4) is 11.5 Å². The van der Waals surface area contributed by atoms with Crippen LogP contribution >= 0.6 is 11.8 Å². The summed E-state index contributed by atoms with van der Waals surface area (Å²) < 4.78 is 37.4. The van der Waals surface area contributed by atoms with Gasteiger partial charge in [-0.25, -0.2) is 18.7 Å². The van der Waals surface area contributed by atoms with Gasteiger partial charge >= 0.3 is 0 Å². The van der Waals surface area contributed by atoms with Gasteiger partial charge in [-0.15, -0.1) is 0 Å². The van der Waals surface area contributed by atoms with Gasteiger partial charge in [0.1, 0.15) is 11.6 Å². The summed E-state index contributed by atoms with van der Waals surface area (Å²) in [4.78, 5) is 24.9. The molecule has 3 aromatic rings. The molecule has 7 nitrogen and oxygen atoms in total. The van der Waals surface area contributed by atoms with Crippen molar-refractivity contribution in [2.75, 3.05) is 19.0 Å². The zero-order chi connectivity index (χ0) is 21.5. The Labute approximate surface area is 175 Å². The van der Waals surface area contributed by atoms with Crippen LogP contribution in [0.4, 0.5) is 14.5 Å². The minimum atomic E-state index is -0.873. The fraction of sp³-hybridized carbons (Fsp3) is 0.200. The Morgan fingerprint density at radius 2 is 2.00 bits per heavy atom. The quantitative estimate of drug-likeness (QED) is 0.428. The zero-order valence-electron chi connectivity index (χ0n) is 16.2. The molecule has 1 N–H and O–H groups in total. The standard InChI is InChI=1S/C20H18F2N4O3S/c1-12-5-6-23-20(25-12)30-11-14-8-17(18(28-2)9-24-14)29-10-19(27)26-16-4-3-13(21)7-15(16)22/h3-9H,10-11H2,1-2H3,(H,26,27). The third kappa shape index (κ3) is 5.86. The summed E-state index contributed by atoms with van der Waals surface area (Å²) in [6, 6.07) is 6.33. The van der Waals surface area contributed by atoms with E-state index in [-0.39, 0.29) is 5.69 Å². The molecule has 0 spiro atoms. The highest BCUT2D eigenvalue weighted by atomic mass is 32.2. The molecule has 1 amide bonds. The number of anilines is 1. The first-order valence-electron chi connectivity index (χ1n) is 8.77. The molecular formula is C20H18F2N4O3S. The van der Waals surface area contributed by atoms with E-state index in [1.807, 2.05) is 13.0 Å². The molecule has 30 heavy (non-hydrogen) atoms. The van der Waals surface area contributed by atoms with Gasteiger partial charge in [0.2, 0.25) is 0 Å². The number of benzene rings is 1. The second-order valence-electron chi connectivity index (χ2n) is 6.06. The van der Waals surface area contributed by atoms with Gasteiger partial charge in [0.15, 0.2) is 23.3 Å². The van der Waals surface area contributed by atoms with Gasteiger partial charge in [-0.2, -0.15) is 0 Å². The normalized spacial score (nSPS) is 10.5. The Bertz CT molecular complexity index is 1050. The summed E-state index contributed by atoms with van der Waals surface area (Å²) in [5.41, 5.74) is 1.40. The van der Waals surface area contributed by atoms with Crippen molar-refractivity contribution in [1.82, 2.24) is 15.0 Å². The molecule has 0 atom stereocenters. The molecule has 0 saturated heterocycles. The van der Waals surface area contributed by atoms with Gasteiger partial charge < -0.3 is 14.8 Å². The number of methoxy groups -OCH3 is 1. The highest BCUT2D eigenvalue weighted by Crippen LogP contribution is 2.29. The number of ether oxygens (including phenoxy) is 2. The number of thioether (sulfide) groups is 1. The molecule has 3 rings (SSSR count). The second kappa shape index (κ2) is 9.97. The molecule has 0 aliphatic carbocycles. The Morgan fingerprint density at radius 1 is 1.17 bits per heavy atom. The first kappa shape index (κ1) is 21.4. The van der Waals surface area contributed by atoms with Gasteiger partial charge in [-0.05, 0) is 25.1 Å². The second-order valence-corrected chi connectivity index (χ2v) is 7.00. The highest BCUT2D eigenvalue weighted by Gasteiger charge is 2.12. The van der Waals surface area contributed by atoms with E-state index in [2.05, 4.69) is 20.3 Å². The number of carbonyl (C=O) groups is 1. The Balaban J connectivity index is 1.62. The first-order chi connectivity index (χ1) is 14.4. The molecule has 0 aliphatic rings. The molecule has 2 heterocycles. The lowest BCUT2D eigenvalue weighted by atomic mass is 10.3. The third-order valence-electron chi connectivity index (χ3n) is 3.79. The van der Waals surface area contributed by atoms with Crippen LogP contribution in [0.5, 0.6) is 11.5 Å². The van der Waals surface area contributed by atoms with E-state index in [1.165, 1.54) is 25.1 Å². The zero-order valence-corrected chi connectivity index (χ0v) is 17.0. The summed E-state index contributed by atoms with van der Waals surface area (Å²) in [6.07, 6.45) is 3.17. The van der Waals surface area contributed by atoms with Crippen molar-refractivity contribution in [2.24, 2.45) is 0 Å². The van der Waals surface area contributed by atoms with Crippen LogP contribution in [0.1, 0.15) is 11.4 Å². The van der Waals surface area contributed by atoms with Crippen molar-refractivity contribution in [1.29, 1.82) is 0 Å². The summed E-state index contributed by atoms with van der Waals surface area (Å²) in [5.74, 6) is -1.08. The van der Waals surface area contributed by atoms with Crippen molar-refractivity contribution >= 4 is 23.4 Å². The molecule has 156 valence electrons. The molecule has 2 aromatic heterocycles. The fourth-order valence-corrected chi connectivity index (χ4v) is 3.14. The number of hydrogen-bond donors (Lipinski definition) is 1. The van der Waals surface area contributed by atoms with Crippen LogP contribution in [0, 0.1) is 18.6 Å². The van der Waals surface area contributed by atoms with Crippen molar-refractivity contribution in [3.05, 3.63) is 65.7 Å². The van der Waals surface area contributed by atoms with Crippen LogP contribution in [0.3, 0.4) is 0 Å². The highest BCUT2D eigenvalue weighted by molar-refractivity contribution is 7.98. The Kier molecular flexibility index (Phi) is 7.12. The van der Waals surface area contributed by atoms with E-state index in [0.29, 0.717) is 34.2 Å². The smallest absolute Gasteiger partial charge is 0.262 e. The summed E-state index contributed by atoms with van der Waals surface area (Å²) >= 11 is 1.41. The number of nitrogens with zero attached hydrogens (tertiary/aromatic N) is 3. The van der Waals surface area contributed by atoms with E-state index < -0.39 is 24.1 Å². The Morgan fingerprint density at radius 3 is 2.73 bits per heavy atom. The van der Waals surface area contributed by atoms with Gasteiger partial charge in [-0.3, -0.25) is 9.78 Å². The molecule has 1 aromatic carbocycles. The van der Waals surface area contributed by atoms with E-state index in [9.17, 15) is 13.6 Å². The van der Waals surface area contributed by atoms with E-state index in [4.69, 9.17) is 9.47 Å². The number of pyridine rings is 1. The minimum Gasteiger partial charge on any atom is -0.491 e. The van der Waals surface area contributed by atoms with Gasteiger partial charge in [0, 0.05) is 29.8 Å². The summed E-state index contributed by atoms with van der Waals surface area (Å²) in [7, 11) is 1.45. The van der Waals surface area contributed by atoms with Crippen molar-refractivity contribution < 1.29 is 23.0 Å². The number of aryl methyl sites for hydroxylation is 1. The molecule has 0 fully saturated rings. The van der Waals surface area contributed by atoms with Gasteiger partial charge in [0.05, 0.1) is 24.7 Å². The maximum Gasteiger partial charge on any atom is 0.262 e. The van der Waals surface area contributed by atoms with Crippen molar-refractivity contribution in [2.45, 2.75) is 17.8 Å². The molecule has 0 aliphatic heterocycles. The third-order valence-corrected chi connectivity index (χ3v) is 4.69. The summed E-state index contributed by atoms with van der Waals surface area (Å²) in [5, 5.41) is 2.95. The summed E-state index contributed by atoms with van der Waals surface area (Å²) in [6.45, 7) is 1.48. The maximum absolute atomic E-state index is 13.7. The van der Waals surface area contributed by atoms with Gasteiger partial charge in [-0.1, -0.05) is 11.8 Å². The van der Waals surface area contributed by atoms with Crippen LogP contribution in [-0.4, -0.2) is 34.6 Å². The molecular weight excluding hydrogens is 414 g/mol. The van der Waals surface area contributed by atoms with E-state index in [1.54, 1.807) is 12.3 Å². The largest absolute Gasteiger partial charge is 0.491 e. The minimum absolute atomic E-state index is 0.137. The SMILES string of the molecule is COc1cnc(CSc2nccc(C)n2)cc1OCC(=O)Nc1ccc(F)cc1F. The first-order valence-corrected chi connectivity index (χ1v) is 9.76. The lowest BCUT2D eigenvalue weighted by Gasteiger charge is -2.12. The average molecular weight is 432 g/mol. The van der Waals surface area contributed by atoms with Crippen LogP contribution in [0.15, 0.2) is 47.9 Å². The number of amides is 1. The number of nitrogens with one attached hydrogen (secondary N) is 1. The molecule has 0 saturated carbocycles. The van der Waals surface area contributed by atoms with E-state index in [0.717, 1.165) is 17.8 Å². The van der Waals surface area contributed by atoms with Crippen LogP contribution in [-0.2, 0) is 10.5 Å². The number of hydrogen-bond acceptors (Lipinski definition) is 7. The monoisotopic (exact) mass is 432 g/mol. The number of carbonyl (C=O) groups excluding carboxylic acids is 1. The number of halogens is 2. The predicted octanol–water partition coefficient (Wildman–Crippen LogP) is 3.78. The van der Waals surface area contributed by atoms with Gasteiger partial charge in [0.25, 0.3) is 5.91 Å². The van der Waals surface area contributed by atoms with Crippen molar-refractivity contribution in [3.63, 3.8) is 0 Å². The lowest BCUT2D eigenvalue weighted by Crippen LogP contribution is -2.21.